The first-order valence-electron chi connectivity index (χ1n) is 6.10. The van der Waals surface area contributed by atoms with Crippen molar-refractivity contribution < 1.29 is 4.39 Å². The Bertz CT molecular complexity index is 692. The lowest BCUT2D eigenvalue weighted by Gasteiger charge is -2.05. The fourth-order valence-corrected chi connectivity index (χ4v) is 2.04. The third kappa shape index (κ3) is 2.52. The van der Waals surface area contributed by atoms with Gasteiger partial charge in [-0.2, -0.15) is 0 Å². The van der Waals surface area contributed by atoms with Crippen LogP contribution in [0.15, 0.2) is 72.9 Å². The summed E-state index contributed by atoms with van der Waals surface area (Å²) in [6.07, 6.45) is 1.75. The molecule has 0 aliphatic heterocycles. The van der Waals surface area contributed by atoms with Crippen molar-refractivity contribution >= 4 is 0 Å². The summed E-state index contributed by atoms with van der Waals surface area (Å²) in [5, 5.41) is 0. The Morgan fingerprint density at radius 3 is 2.21 bits per heavy atom. The van der Waals surface area contributed by atoms with E-state index in [2.05, 4.69) is 4.98 Å². The van der Waals surface area contributed by atoms with E-state index in [0.717, 1.165) is 22.4 Å². The molecule has 92 valence electrons. The number of benzene rings is 2. The maximum Gasteiger partial charge on any atom is 0.123 e. The Hall–Kier alpha value is -2.48. The summed E-state index contributed by atoms with van der Waals surface area (Å²) < 4.78 is 13.3. The van der Waals surface area contributed by atoms with Crippen LogP contribution in [0.4, 0.5) is 4.39 Å². The van der Waals surface area contributed by atoms with E-state index in [9.17, 15) is 4.39 Å². The lowest BCUT2D eigenvalue weighted by Crippen LogP contribution is -1.85. The second kappa shape index (κ2) is 5.02. The highest BCUT2D eigenvalue weighted by Gasteiger charge is 2.03. The van der Waals surface area contributed by atoms with Crippen LogP contribution in [0.5, 0.6) is 0 Å². The molecule has 3 rings (SSSR count). The highest BCUT2D eigenvalue weighted by molar-refractivity contribution is 5.70. The van der Waals surface area contributed by atoms with E-state index in [0.29, 0.717) is 0 Å². The zero-order chi connectivity index (χ0) is 13.1. The molecule has 0 saturated carbocycles. The topological polar surface area (TPSA) is 12.9 Å². The summed E-state index contributed by atoms with van der Waals surface area (Å²) in [4.78, 5) is 4.36. The third-order valence-corrected chi connectivity index (χ3v) is 2.99. The standard InChI is InChI=1S/C17H12FN/c18-16-8-4-7-14(11-16)15-9-10-19-17(12-15)13-5-2-1-3-6-13/h1-12H. The first-order valence-corrected chi connectivity index (χ1v) is 6.10. The van der Waals surface area contributed by atoms with Crippen molar-refractivity contribution in [1.29, 1.82) is 0 Å². The van der Waals surface area contributed by atoms with Crippen LogP contribution in [0.1, 0.15) is 0 Å². The molecule has 0 N–H and O–H groups in total. The quantitative estimate of drug-likeness (QED) is 0.649. The van der Waals surface area contributed by atoms with E-state index in [1.165, 1.54) is 12.1 Å². The number of nitrogens with zero attached hydrogens (tertiary/aromatic N) is 1. The van der Waals surface area contributed by atoms with E-state index < -0.39 is 0 Å². The monoisotopic (exact) mass is 249 g/mol. The van der Waals surface area contributed by atoms with Gasteiger partial charge in [-0.25, -0.2) is 4.39 Å². The van der Waals surface area contributed by atoms with Gasteiger partial charge in [-0.1, -0.05) is 42.5 Å². The van der Waals surface area contributed by atoms with Crippen LogP contribution in [0.2, 0.25) is 0 Å². The van der Waals surface area contributed by atoms with Crippen molar-refractivity contribution in [3.63, 3.8) is 0 Å². The molecular weight excluding hydrogens is 237 g/mol. The second-order valence-electron chi connectivity index (χ2n) is 4.31. The first kappa shape index (κ1) is 11.6. The van der Waals surface area contributed by atoms with E-state index in [1.54, 1.807) is 12.3 Å². The lowest BCUT2D eigenvalue weighted by molar-refractivity contribution is 0.628. The molecule has 19 heavy (non-hydrogen) atoms. The molecule has 2 heteroatoms. The van der Waals surface area contributed by atoms with Crippen LogP contribution in [0.3, 0.4) is 0 Å². The maximum absolute atomic E-state index is 13.3. The molecule has 0 spiro atoms. The molecule has 1 nitrogen and oxygen atoms in total. The smallest absolute Gasteiger partial charge is 0.123 e. The molecule has 1 aromatic heterocycles. The number of hydrogen-bond donors (Lipinski definition) is 0. The molecule has 0 amide bonds. The fraction of sp³-hybridized carbons (Fsp3) is 0. The number of hydrogen-bond acceptors (Lipinski definition) is 1. The van der Waals surface area contributed by atoms with Gasteiger partial charge >= 0.3 is 0 Å². The minimum atomic E-state index is -0.226. The molecule has 0 aliphatic rings. The van der Waals surface area contributed by atoms with Crippen LogP contribution in [0, 0.1) is 5.82 Å². The minimum Gasteiger partial charge on any atom is -0.256 e. The Labute approximate surface area is 111 Å². The molecule has 0 atom stereocenters. The van der Waals surface area contributed by atoms with E-state index >= 15 is 0 Å². The Kier molecular flexibility index (Phi) is 3.07. The second-order valence-corrected chi connectivity index (χ2v) is 4.31. The maximum atomic E-state index is 13.3. The fourth-order valence-electron chi connectivity index (χ4n) is 2.04. The van der Waals surface area contributed by atoms with E-state index in [4.69, 9.17) is 0 Å². The van der Waals surface area contributed by atoms with Crippen LogP contribution in [0.25, 0.3) is 22.4 Å². The van der Waals surface area contributed by atoms with Crippen molar-refractivity contribution in [1.82, 2.24) is 4.98 Å². The third-order valence-electron chi connectivity index (χ3n) is 2.99. The molecule has 0 bridgehead atoms. The number of aromatic nitrogens is 1. The van der Waals surface area contributed by atoms with Crippen molar-refractivity contribution in [2.24, 2.45) is 0 Å². The predicted molar refractivity (Wildman–Crippen MR) is 75.1 cm³/mol. The van der Waals surface area contributed by atoms with Crippen LogP contribution >= 0.6 is 0 Å². The van der Waals surface area contributed by atoms with Crippen molar-refractivity contribution in [2.45, 2.75) is 0 Å². The normalized spacial score (nSPS) is 10.4. The molecular formula is C17H12FN. The molecule has 0 unspecified atom stereocenters. The van der Waals surface area contributed by atoms with Gasteiger partial charge in [0.1, 0.15) is 5.82 Å². The average molecular weight is 249 g/mol. The van der Waals surface area contributed by atoms with Gasteiger partial charge in [0.05, 0.1) is 5.69 Å². The van der Waals surface area contributed by atoms with Crippen LogP contribution in [-0.2, 0) is 0 Å². The molecule has 0 radical (unpaired) electrons. The summed E-state index contributed by atoms with van der Waals surface area (Å²) >= 11 is 0. The molecule has 1 heterocycles. The molecule has 0 fully saturated rings. The molecule has 0 aliphatic carbocycles. The summed E-state index contributed by atoms with van der Waals surface area (Å²) in [6, 6.07) is 20.4. The molecule has 3 aromatic rings. The molecule has 0 saturated heterocycles. The van der Waals surface area contributed by atoms with Gasteiger partial charge in [-0.3, -0.25) is 4.98 Å². The summed E-state index contributed by atoms with van der Waals surface area (Å²) in [5.41, 5.74) is 3.77. The van der Waals surface area contributed by atoms with Gasteiger partial charge in [-0.05, 0) is 35.4 Å². The SMILES string of the molecule is Fc1cccc(-c2ccnc(-c3ccccc3)c2)c1. The largest absolute Gasteiger partial charge is 0.256 e. The first-order chi connectivity index (χ1) is 9.33. The Morgan fingerprint density at radius 1 is 0.684 bits per heavy atom. The van der Waals surface area contributed by atoms with Crippen LogP contribution in [-0.4, -0.2) is 4.98 Å². The summed E-state index contributed by atoms with van der Waals surface area (Å²) in [6.45, 7) is 0. The van der Waals surface area contributed by atoms with Gasteiger partial charge in [-0.15, -0.1) is 0 Å². The van der Waals surface area contributed by atoms with Crippen molar-refractivity contribution in [3.8, 4) is 22.4 Å². The highest BCUT2D eigenvalue weighted by Crippen LogP contribution is 2.24. The Morgan fingerprint density at radius 2 is 1.42 bits per heavy atom. The predicted octanol–water partition coefficient (Wildman–Crippen LogP) is 4.55. The number of halogens is 1. The van der Waals surface area contributed by atoms with Gasteiger partial charge in [0, 0.05) is 11.8 Å². The van der Waals surface area contributed by atoms with Crippen molar-refractivity contribution in [2.75, 3.05) is 0 Å². The summed E-state index contributed by atoms with van der Waals surface area (Å²) in [5.74, 6) is -0.226. The summed E-state index contributed by atoms with van der Waals surface area (Å²) in [7, 11) is 0. The number of pyridine rings is 1. The average Bonchev–Trinajstić information content (AvgIpc) is 2.48. The highest BCUT2D eigenvalue weighted by atomic mass is 19.1. The van der Waals surface area contributed by atoms with Crippen molar-refractivity contribution in [3.05, 3.63) is 78.7 Å². The van der Waals surface area contributed by atoms with E-state index in [1.807, 2.05) is 48.5 Å². The zero-order valence-corrected chi connectivity index (χ0v) is 10.3. The van der Waals surface area contributed by atoms with Gasteiger partial charge in [0.15, 0.2) is 0 Å². The van der Waals surface area contributed by atoms with Gasteiger partial charge in [0.2, 0.25) is 0 Å². The Balaban J connectivity index is 2.06. The minimum absolute atomic E-state index is 0.226. The lowest BCUT2D eigenvalue weighted by atomic mass is 10.0. The van der Waals surface area contributed by atoms with Gasteiger partial charge < -0.3 is 0 Å². The molecule has 2 aromatic carbocycles. The van der Waals surface area contributed by atoms with Gasteiger partial charge in [0.25, 0.3) is 0 Å². The van der Waals surface area contributed by atoms with E-state index in [-0.39, 0.29) is 5.82 Å². The van der Waals surface area contributed by atoms with Crippen LogP contribution < -0.4 is 0 Å². The zero-order valence-electron chi connectivity index (χ0n) is 10.3. The number of rotatable bonds is 2.